The molecule has 0 saturated carbocycles. The highest BCUT2D eigenvalue weighted by Gasteiger charge is 2.34. The Morgan fingerprint density at radius 1 is 1.12 bits per heavy atom. The van der Waals surface area contributed by atoms with Crippen LogP contribution in [0, 0.1) is 17.8 Å². The predicted octanol–water partition coefficient (Wildman–Crippen LogP) is 3.11. The molecule has 0 N–H and O–H groups in total. The summed E-state index contributed by atoms with van der Waals surface area (Å²) in [6, 6.07) is 10.3. The molecule has 1 atom stereocenters. The van der Waals surface area contributed by atoms with E-state index in [0.717, 1.165) is 32.4 Å². The maximum atomic E-state index is 13.0. The van der Waals surface area contributed by atoms with Gasteiger partial charge in [-0.2, -0.15) is 0 Å². The van der Waals surface area contributed by atoms with Gasteiger partial charge in [0.15, 0.2) is 6.29 Å². The molecule has 2 aliphatic heterocycles. The zero-order valence-electron chi connectivity index (χ0n) is 14.8. The average molecular weight is 331 g/mol. The highest BCUT2D eigenvalue weighted by molar-refractivity contribution is 5.79. The third kappa shape index (κ3) is 4.17. The first-order valence-electron chi connectivity index (χ1n) is 9.21. The van der Waals surface area contributed by atoms with Crippen LogP contribution < -0.4 is 0 Å². The molecule has 1 unspecified atom stereocenters. The van der Waals surface area contributed by atoms with Crippen LogP contribution >= 0.6 is 0 Å². The summed E-state index contributed by atoms with van der Waals surface area (Å²) >= 11 is 0. The minimum absolute atomic E-state index is 0.0486. The molecule has 1 aromatic rings. The zero-order chi connectivity index (χ0) is 16.9. The molecule has 0 aliphatic carbocycles. The number of nitrogens with zero attached hydrogens (tertiary/aromatic N) is 1. The average Bonchev–Trinajstić information content (AvgIpc) is 3.14. The van der Waals surface area contributed by atoms with E-state index in [2.05, 4.69) is 30.9 Å². The first-order chi connectivity index (χ1) is 11.6. The zero-order valence-corrected chi connectivity index (χ0v) is 14.8. The Kier molecular flexibility index (Phi) is 5.90. The maximum absolute atomic E-state index is 13.0. The lowest BCUT2D eigenvalue weighted by atomic mass is 9.86. The number of carbonyl (C=O) groups is 1. The van der Waals surface area contributed by atoms with Crippen LogP contribution in [-0.4, -0.2) is 43.4 Å². The van der Waals surface area contributed by atoms with Crippen molar-refractivity contribution in [2.75, 3.05) is 26.3 Å². The fourth-order valence-electron chi connectivity index (χ4n) is 3.75. The Balaban J connectivity index is 1.57. The molecule has 132 valence electrons. The standard InChI is InChI=1S/C20H29NO3/c1-15(2)18(14-16-6-4-3-5-7-16)19(22)21-10-8-17(9-11-21)20-23-12-13-24-20/h3-7,15,17-18,20H,8-14H2,1-2H3. The second-order valence-electron chi connectivity index (χ2n) is 7.31. The van der Waals surface area contributed by atoms with Crippen LogP contribution in [0.2, 0.25) is 0 Å². The summed E-state index contributed by atoms with van der Waals surface area (Å²) in [5, 5.41) is 0. The van der Waals surface area contributed by atoms with Crippen LogP contribution in [-0.2, 0) is 20.7 Å². The number of piperidine rings is 1. The molecule has 0 bridgehead atoms. The van der Waals surface area contributed by atoms with Gasteiger partial charge in [-0.3, -0.25) is 4.79 Å². The quantitative estimate of drug-likeness (QED) is 0.832. The number of hydrogen-bond acceptors (Lipinski definition) is 3. The SMILES string of the molecule is CC(C)C(Cc1ccccc1)C(=O)N1CCC(C2OCCO2)CC1. The summed E-state index contributed by atoms with van der Waals surface area (Å²) in [6.07, 6.45) is 2.73. The van der Waals surface area contributed by atoms with Gasteiger partial charge in [-0.25, -0.2) is 0 Å². The largest absolute Gasteiger partial charge is 0.350 e. The van der Waals surface area contributed by atoms with Crippen LogP contribution in [0.4, 0.5) is 0 Å². The van der Waals surface area contributed by atoms with E-state index in [9.17, 15) is 4.79 Å². The van der Waals surface area contributed by atoms with Gasteiger partial charge in [0.2, 0.25) is 5.91 Å². The first-order valence-corrected chi connectivity index (χ1v) is 9.21. The number of benzene rings is 1. The molecule has 0 aromatic heterocycles. The van der Waals surface area contributed by atoms with E-state index in [1.54, 1.807) is 0 Å². The Morgan fingerprint density at radius 3 is 2.33 bits per heavy atom. The van der Waals surface area contributed by atoms with Crippen molar-refractivity contribution in [3.8, 4) is 0 Å². The second kappa shape index (κ2) is 8.13. The molecular formula is C20H29NO3. The number of amides is 1. The Hall–Kier alpha value is -1.39. The Bertz CT molecular complexity index is 517. The summed E-state index contributed by atoms with van der Waals surface area (Å²) in [4.78, 5) is 15.1. The molecule has 0 spiro atoms. The van der Waals surface area contributed by atoms with E-state index in [0.29, 0.717) is 31.0 Å². The van der Waals surface area contributed by atoms with Gasteiger partial charge in [0.05, 0.1) is 13.2 Å². The Morgan fingerprint density at radius 2 is 1.75 bits per heavy atom. The summed E-state index contributed by atoms with van der Waals surface area (Å²) in [7, 11) is 0. The highest BCUT2D eigenvalue weighted by Crippen LogP contribution is 2.28. The van der Waals surface area contributed by atoms with Crippen LogP contribution in [0.25, 0.3) is 0 Å². The van der Waals surface area contributed by atoms with E-state index >= 15 is 0 Å². The van der Waals surface area contributed by atoms with E-state index in [1.807, 2.05) is 18.2 Å². The minimum Gasteiger partial charge on any atom is -0.350 e. The number of hydrogen-bond donors (Lipinski definition) is 0. The van der Waals surface area contributed by atoms with Crippen LogP contribution in [0.5, 0.6) is 0 Å². The minimum atomic E-state index is -0.0486. The van der Waals surface area contributed by atoms with Gasteiger partial charge in [-0.1, -0.05) is 44.2 Å². The Labute approximate surface area is 145 Å². The molecule has 1 aromatic carbocycles. The summed E-state index contributed by atoms with van der Waals surface area (Å²) < 4.78 is 11.3. The first kappa shape index (κ1) is 17.4. The van der Waals surface area contributed by atoms with Crippen LogP contribution in [0.15, 0.2) is 30.3 Å². The van der Waals surface area contributed by atoms with Crippen molar-refractivity contribution >= 4 is 5.91 Å². The van der Waals surface area contributed by atoms with Crippen molar-refractivity contribution < 1.29 is 14.3 Å². The van der Waals surface area contributed by atoms with Gasteiger partial charge in [0.25, 0.3) is 0 Å². The highest BCUT2D eigenvalue weighted by atomic mass is 16.7. The van der Waals surface area contributed by atoms with Crippen molar-refractivity contribution in [3.05, 3.63) is 35.9 Å². The predicted molar refractivity (Wildman–Crippen MR) is 93.5 cm³/mol. The summed E-state index contributed by atoms with van der Waals surface area (Å²) in [6.45, 7) is 7.36. The lowest BCUT2D eigenvalue weighted by Crippen LogP contribution is -2.45. The molecule has 1 amide bonds. The van der Waals surface area contributed by atoms with Crippen LogP contribution in [0.3, 0.4) is 0 Å². The topological polar surface area (TPSA) is 38.8 Å². The second-order valence-corrected chi connectivity index (χ2v) is 7.31. The van der Waals surface area contributed by atoms with Crippen molar-refractivity contribution in [2.45, 2.75) is 39.4 Å². The molecule has 4 heteroatoms. The van der Waals surface area contributed by atoms with E-state index in [4.69, 9.17) is 9.47 Å². The molecule has 24 heavy (non-hydrogen) atoms. The van der Waals surface area contributed by atoms with Crippen molar-refractivity contribution in [1.82, 2.24) is 4.90 Å². The maximum Gasteiger partial charge on any atom is 0.226 e. The van der Waals surface area contributed by atoms with Crippen molar-refractivity contribution in [3.63, 3.8) is 0 Å². The molecule has 0 radical (unpaired) electrons. The van der Waals surface area contributed by atoms with Gasteiger partial charge in [-0.15, -0.1) is 0 Å². The molecule has 3 rings (SSSR count). The third-order valence-corrected chi connectivity index (χ3v) is 5.30. The molecule has 2 heterocycles. The van der Waals surface area contributed by atoms with E-state index in [-0.39, 0.29) is 12.2 Å². The van der Waals surface area contributed by atoms with E-state index < -0.39 is 0 Å². The van der Waals surface area contributed by atoms with Gasteiger partial charge < -0.3 is 14.4 Å². The molecule has 2 fully saturated rings. The van der Waals surface area contributed by atoms with Gasteiger partial charge >= 0.3 is 0 Å². The number of carbonyl (C=O) groups excluding carboxylic acids is 1. The van der Waals surface area contributed by atoms with Gasteiger partial charge in [-0.05, 0) is 30.7 Å². The fraction of sp³-hybridized carbons (Fsp3) is 0.650. The smallest absolute Gasteiger partial charge is 0.226 e. The summed E-state index contributed by atoms with van der Waals surface area (Å²) in [5.41, 5.74) is 1.24. The fourth-order valence-corrected chi connectivity index (χ4v) is 3.75. The van der Waals surface area contributed by atoms with Crippen LogP contribution in [0.1, 0.15) is 32.3 Å². The summed E-state index contributed by atoms with van der Waals surface area (Å²) in [5.74, 6) is 1.14. The molecular weight excluding hydrogens is 302 g/mol. The molecule has 2 saturated heterocycles. The van der Waals surface area contributed by atoms with Gasteiger partial charge in [0.1, 0.15) is 0 Å². The van der Waals surface area contributed by atoms with Crippen molar-refractivity contribution in [2.24, 2.45) is 17.8 Å². The normalized spacial score (nSPS) is 21.4. The number of rotatable bonds is 5. The lowest BCUT2D eigenvalue weighted by Gasteiger charge is -2.36. The van der Waals surface area contributed by atoms with E-state index in [1.165, 1.54) is 5.56 Å². The number of ether oxygens (including phenoxy) is 2. The van der Waals surface area contributed by atoms with Crippen molar-refractivity contribution in [1.29, 1.82) is 0 Å². The molecule has 2 aliphatic rings. The molecule has 4 nitrogen and oxygen atoms in total. The van der Waals surface area contributed by atoms with Gasteiger partial charge in [0, 0.05) is 24.9 Å². The third-order valence-electron chi connectivity index (χ3n) is 5.30. The number of likely N-dealkylation sites (tertiary alicyclic amines) is 1. The lowest BCUT2D eigenvalue weighted by molar-refractivity contribution is -0.142. The monoisotopic (exact) mass is 331 g/mol.